The van der Waals surface area contributed by atoms with E-state index in [1.165, 1.54) is 0 Å². The number of hydrogen-bond acceptors (Lipinski definition) is 4. The van der Waals surface area contributed by atoms with Crippen LogP contribution in [0.5, 0.6) is 0 Å². The van der Waals surface area contributed by atoms with E-state index >= 15 is 0 Å². The molecule has 0 heterocycles. The zero-order valence-corrected chi connectivity index (χ0v) is 17.1. The Morgan fingerprint density at radius 3 is 1.93 bits per heavy atom. The third-order valence-corrected chi connectivity index (χ3v) is 5.21. The van der Waals surface area contributed by atoms with Gasteiger partial charge >= 0.3 is 5.97 Å². The van der Waals surface area contributed by atoms with Crippen molar-refractivity contribution >= 4 is 17.8 Å². The Morgan fingerprint density at radius 2 is 1.43 bits per heavy atom. The molecule has 5 atom stereocenters. The van der Waals surface area contributed by atoms with Crippen molar-refractivity contribution in [2.24, 2.45) is 17.6 Å². The van der Waals surface area contributed by atoms with Gasteiger partial charge in [-0.2, -0.15) is 0 Å². The molecule has 0 radical (unpaired) electrons. The maximum atomic E-state index is 12.8. The van der Waals surface area contributed by atoms with E-state index in [-0.39, 0.29) is 11.8 Å². The number of carboxylic acids is 1. The monoisotopic (exact) mass is 391 g/mol. The van der Waals surface area contributed by atoms with E-state index in [1.54, 1.807) is 6.92 Å². The standard InChI is InChI=1S/C21H33N3O4/c1-5-13(3)17(20(26)24-18(21(27)28)14(4)6-2)23-19(25)16(22)12-15-10-8-7-9-11-15/h7-11,13-14,16-18H,5-6,12,22H2,1-4H3,(H,23,25)(H,24,26)(H,27,28)/t13-,14-,16-,17-,18-/m0/s1. The average molecular weight is 392 g/mol. The van der Waals surface area contributed by atoms with Gasteiger partial charge in [-0.05, 0) is 23.8 Å². The van der Waals surface area contributed by atoms with Gasteiger partial charge in [0.2, 0.25) is 11.8 Å². The quantitative estimate of drug-likeness (QED) is 0.457. The molecule has 0 fully saturated rings. The number of nitrogens with one attached hydrogen (secondary N) is 2. The number of carbonyl (C=O) groups excluding carboxylic acids is 2. The number of benzene rings is 1. The number of hydrogen-bond donors (Lipinski definition) is 4. The summed E-state index contributed by atoms with van der Waals surface area (Å²) >= 11 is 0. The molecule has 156 valence electrons. The summed E-state index contributed by atoms with van der Waals surface area (Å²) in [5, 5.41) is 14.7. The predicted molar refractivity (Wildman–Crippen MR) is 109 cm³/mol. The first-order valence-corrected chi connectivity index (χ1v) is 9.84. The third-order valence-electron chi connectivity index (χ3n) is 5.21. The highest BCUT2D eigenvalue weighted by Gasteiger charge is 2.32. The lowest BCUT2D eigenvalue weighted by atomic mass is 9.95. The van der Waals surface area contributed by atoms with Gasteiger partial charge in [-0.25, -0.2) is 4.79 Å². The largest absolute Gasteiger partial charge is 0.480 e. The number of aliphatic carboxylic acids is 1. The van der Waals surface area contributed by atoms with E-state index in [2.05, 4.69) is 10.6 Å². The Bertz CT molecular complexity index is 650. The number of nitrogens with two attached hydrogens (primary N) is 1. The summed E-state index contributed by atoms with van der Waals surface area (Å²) in [6, 6.07) is 6.75. The summed E-state index contributed by atoms with van der Waals surface area (Å²) in [4.78, 5) is 36.8. The molecule has 7 heteroatoms. The average Bonchev–Trinajstić information content (AvgIpc) is 2.69. The fourth-order valence-electron chi connectivity index (χ4n) is 2.85. The Labute approximate surface area is 167 Å². The van der Waals surface area contributed by atoms with E-state index in [0.717, 1.165) is 5.56 Å². The van der Waals surface area contributed by atoms with E-state index in [0.29, 0.717) is 19.3 Å². The molecular weight excluding hydrogens is 358 g/mol. The summed E-state index contributed by atoms with van der Waals surface area (Å²) in [7, 11) is 0. The lowest BCUT2D eigenvalue weighted by molar-refractivity contribution is -0.144. The molecule has 0 aliphatic heterocycles. The van der Waals surface area contributed by atoms with E-state index in [4.69, 9.17) is 5.73 Å². The van der Waals surface area contributed by atoms with Crippen LogP contribution in [0.3, 0.4) is 0 Å². The third kappa shape index (κ3) is 6.96. The van der Waals surface area contributed by atoms with Crippen LogP contribution in [0.1, 0.15) is 46.1 Å². The summed E-state index contributed by atoms with van der Waals surface area (Å²) in [6.07, 6.45) is 1.61. The Kier molecular flexibility index (Phi) is 9.65. The molecule has 0 saturated carbocycles. The van der Waals surface area contributed by atoms with Crippen LogP contribution in [0, 0.1) is 11.8 Å². The smallest absolute Gasteiger partial charge is 0.326 e. The van der Waals surface area contributed by atoms with Gasteiger partial charge in [-0.3, -0.25) is 9.59 Å². The number of carbonyl (C=O) groups is 3. The van der Waals surface area contributed by atoms with Crippen molar-refractivity contribution in [3.05, 3.63) is 35.9 Å². The lowest BCUT2D eigenvalue weighted by Crippen LogP contribution is -2.57. The lowest BCUT2D eigenvalue weighted by Gasteiger charge is -2.28. The van der Waals surface area contributed by atoms with Crippen molar-refractivity contribution in [1.82, 2.24) is 10.6 Å². The predicted octanol–water partition coefficient (Wildman–Crippen LogP) is 1.70. The van der Waals surface area contributed by atoms with Gasteiger partial charge in [0, 0.05) is 0 Å². The Hall–Kier alpha value is -2.41. The highest BCUT2D eigenvalue weighted by molar-refractivity contribution is 5.92. The van der Waals surface area contributed by atoms with Crippen molar-refractivity contribution in [3.63, 3.8) is 0 Å². The first-order chi connectivity index (χ1) is 13.2. The minimum atomic E-state index is -1.09. The van der Waals surface area contributed by atoms with E-state index in [9.17, 15) is 19.5 Å². The maximum absolute atomic E-state index is 12.8. The van der Waals surface area contributed by atoms with Crippen LogP contribution in [-0.4, -0.2) is 41.0 Å². The second-order valence-electron chi connectivity index (χ2n) is 7.38. The summed E-state index contributed by atoms with van der Waals surface area (Å²) < 4.78 is 0. The van der Waals surface area contributed by atoms with Gasteiger partial charge in [-0.1, -0.05) is 70.9 Å². The van der Waals surface area contributed by atoms with Crippen LogP contribution in [0.15, 0.2) is 30.3 Å². The van der Waals surface area contributed by atoms with Crippen LogP contribution in [0.2, 0.25) is 0 Å². The first-order valence-electron chi connectivity index (χ1n) is 9.84. The molecule has 0 bridgehead atoms. The van der Waals surface area contributed by atoms with Crippen molar-refractivity contribution in [1.29, 1.82) is 0 Å². The van der Waals surface area contributed by atoms with Gasteiger partial charge in [0.1, 0.15) is 12.1 Å². The van der Waals surface area contributed by atoms with Crippen LogP contribution in [0.25, 0.3) is 0 Å². The van der Waals surface area contributed by atoms with Crippen molar-refractivity contribution in [2.75, 3.05) is 0 Å². The minimum Gasteiger partial charge on any atom is -0.480 e. The zero-order valence-electron chi connectivity index (χ0n) is 17.1. The second-order valence-corrected chi connectivity index (χ2v) is 7.38. The van der Waals surface area contributed by atoms with Crippen LogP contribution in [0.4, 0.5) is 0 Å². The molecular formula is C21H33N3O4. The normalized spacial score (nSPS) is 16.3. The molecule has 0 spiro atoms. The molecule has 0 aromatic heterocycles. The maximum Gasteiger partial charge on any atom is 0.326 e. The number of rotatable bonds is 11. The fourth-order valence-corrected chi connectivity index (χ4v) is 2.85. The van der Waals surface area contributed by atoms with Gasteiger partial charge in [-0.15, -0.1) is 0 Å². The van der Waals surface area contributed by atoms with Crippen LogP contribution >= 0.6 is 0 Å². The van der Waals surface area contributed by atoms with Crippen LogP contribution in [-0.2, 0) is 20.8 Å². The zero-order chi connectivity index (χ0) is 21.3. The van der Waals surface area contributed by atoms with Crippen molar-refractivity contribution in [2.45, 2.75) is 65.1 Å². The SMILES string of the molecule is CC[C@H](C)[C@H](NC(=O)[C@@H](NC(=O)[C@@H](N)Cc1ccccc1)[C@@H](C)CC)C(=O)O. The van der Waals surface area contributed by atoms with Crippen molar-refractivity contribution in [3.8, 4) is 0 Å². The van der Waals surface area contributed by atoms with Crippen molar-refractivity contribution < 1.29 is 19.5 Å². The topological polar surface area (TPSA) is 122 Å². The van der Waals surface area contributed by atoms with Gasteiger partial charge in [0.25, 0.3) is 0 Å². The van der Waals surface area contributed by atoms with Crippen LogP contribution < -0.4 is 16.4 Å². The molecule has 1 rings (SSSR count). The van der Waals surface area contributed by atoms with Gasteiger partial charge in [0.05, 0.1) is 6.04 Å². The fraction of sp³-hybridized carbons (Fsp3) is 0.571. The van der Waals surface area contributed by atoms with Gasteiger partial charge < -0.3 is 21.5 Å². The summed E-state index contributed by atoms with van der Waals surface area (Å²) in [5.41, 5.74) is 6.95. The first kappa shape index (κ1) is 23.6. The molecule has 5 N–H and O–H groups in total. The summed E-state index contributed by atoms with van der Waals surface area (Å²) in [5.74, 6) is -2.41. The number of carboxylic acid groups (broad SMARTS) is 1. The highest BCUT2D eigenvalue weighted by Crippen LogP contribution is 2.12. The Balaban J connectivity index is 2.84. The molecule has 1 aromatic carbocycles. The highest BCUT2D eigenvalue weighted by atomic mass is 16.4. The molecule has 7 nitrogen and oxygen atoms in total. The summed E-state index contributed by atoms with van der Waals surface area (Å²) in [6.45, 7) is 7.38. The van der Waals surface area contributed by atoms with Gasteiger partial charge in [0.15, 0.2) is 0 Å². The number of amides is 2. The molecule has 0 aliphatic carbocycles. The van der Waals surface area contributed by atoms with E-state index < -0.39 is 35.9 Å². The second kappa shape index (κ2) is 11.4. The van der Waals surface area contributed by atoms with E-state index in [1.807, 2.05) is 51.1 Å². The molecule has 0 unspecified atom stereocenters. The molecule has 0 saturated heterocycles. The molecule has 1 aromatic rings. The molecule has 2 amide bonds. The molecule has 28 heavy (non-hydrogen) atoms. The Morgan fingerprint density at radius 1 is 0.929 bits per heavy atom. The minimum absolute atomic E-state index is 0.167. The molecule has 0 aliphatic rings.